The summed E-state index contributed by atoms with van der Waals surface area (Å²) in [4.78, 5) is 12.4. The van der Waals surface area contributed by atoms with Crippen molar-refractivity contribution >= 4 is 46.0 Å². The first kappa shape index (κ1) is 15.4. The van der Waals surface area contributed by atoms with Crippen molar-refractivity contribution in [1.29, 1.82) is 0 Å². The van der Waals surface area contributed by atoms with E-state index in [0.717, 1.165) is 17.6 Å². The molecule has 116 valence electrons. The molecule has 1 aromatic heterocycles. The van der Waals surface area contributed by atoms with Crippen LogP contribution >= 0.6 is 12.6 Å². The number of rotatable bonds is 4. The van der Waals surface area contributed by atoms with Gasteiger partial charge in [0.25, 0.3) is 5.91 Å². The van der Waals surface area contributed by atoms with E-state index in [2.05, 4.69) is 48.1 Å². The highest BCUT2D eigenvalue weighted by molar-refractivity contribution is 7.85. The van der Waals surface area contributed by atoms with E-state index in [1.807, 2.05) is 30.3 Å². The molecular weight excluding hydrogens is 304 g/mol. The van der Waals surface area contributed by atoms with Gasteiger partial charge in [0.15, 0.2) is 0 Å². The fraction of sp³-hybridized carbons (Fsp3) is 0.105. The Bertz CT molecular complexity index is 937. The fourth-order valence-electron chi connectivity index (χ4n) is 2.85. The smallest absolute Gasteiger partial charge is 0.261 e. The van der Waals surface area contributed by atoms with Gasteiger partial charge in [0, 0.05) is 34.0 Å². The number of benzene rings is 2. The molecule has 0 fully saturated rings. The second-order valence-corrected chi connectivity index (χ2v) is 5.72. The van der Waals surface area contributed by atoms with Crippen LogP contribution in [-0.2, 0) is 11.3 Å². The lowest BCUT2D eigenvalue weighted by Crippen LogP contribution is -2.11. The van der Waals surface area contributed by atoms with Crippen molar-refractivity contribution in [2.24, 2.45) is 0 Å². The maximum atomic E-state index is 12.1. The number of hydrogen-bond donors (Lipinski definition) is 2. The number of carbonyl (C=O) groups excluding carboxylic acids is 1. The molecule has 3 aromatic rings. The van der Waals surface area contributed by atoms with Crippen molar-refractivity contribution in [2.45, 2.75) is 13.5 Å². The Hall–Kier alpha value is -2.46. The van der Waals surface area contributed by atoms with Gasteiger partial charge in [-0.1, -0.05) is 30.9 Å². The van der Waals surface area contributed by atoms with Crippen LogP contribution in [0.25, 0.3) is 21.8 Å². The summed E-state index contributed by atoms with van der Waals surface area (Å²) in [7, 11) is 0. The quantitative estimate of drug-likeness (QED) is 0.405. The van der Waals surface area contributed by atoms with Gasteiger partial charge in [0.2, 0.25) is 0 Å². The van der Waals surface area contributed by atoms with E-state index in [-0.39, 0.29) is 5.91 Å². The molecule has 1 amide bonds. The topological polar surface area (TPSA) is 34.0 Å². The number of nitrogens with zero attached hydrogens (tertiary/aromatic N) is 1. The number of nitrogens with one attached hydrogen (secondary N) is 1. The molecule has 0 atom stereocenters. The van der Waals surface area contributed by atoms with E-state index in [1.165, 1.54) is 16.4 Å². The maximum absolute atomic E-state index is 12.1. The van der Waals surface area contributed by atoms with Crippen molar-refractivity contribution in [3.8, 4) is 0 Å². The number of aryl methyl sites for hydroxylation is 1. The Balaban J connectivity index is 2.09. The normalized spacial score (nSPS) is 11.8. The van der Waals surface area contributed by atoms with Gasteiger partial charge >= 0.3 is 0 Å². The zero-order valence-corrected chi connectivity index (χ0v) is 13.8. The molecule has 0 radical (unpaired) electrons. The predicted octanol–water partition coefficient (Wildman–Crippen LogP) is 4.75. The standard InChI is InChI=1S/C19H18N2OS/c1-3-7-18(23)19(22)20-13-10-11-17-15(12-13)14-8-5-6-9-16(14)21(17)4-2/h3,5-12,23H,1,4H2,2H3,(H,20,22)/b18-7-. The highest BCUT2D eigenvalue weighted by Gasteiger charge is 2.11. The average molecular weight is 322 g/mol. The molecule has 0 aliphatic heterocycles. The Morgan fingerprint density at radius 2 is 1.96 bits per heavy atom. The molecule has 0 saturated carbocycles. The molecule has 0 spiro atoms. The number of anilines is 1. The first-order valence-electron chi connectivity index (χ1n) is 7.49. The molecule has 1 N–H and O–H groups in total. The van der Waals surface area contributed by atoms with E-state index < -0.39 is 0 Å². The third-order valence-corrected chi connectivity index (χ3v) is 4.21. The molecule has 0 bridgehead atoms. The third-order valence-electron chi connectivity index (χ3n) is 3.85. The van der Waals surface area contributed by atoms with Crippen LogP contribution in [0.4, 0.5) is 5.69 Å². The number of thiol groups is 1. The Labute approximate surface area is 140 Å². The lowest BCUT2D eigenvalue weighted by atomic mass is 10.1. The van der Waals surface area contributed by atoms with Crippen LogP contribution in [0.15, 0.2) is 66.1 Å². The molecule has 23 heavy (non-hydrogen) atoms. The lowest BCUT2D eigenvalue weighted by Gasteiger charge is -2.06. The summed E-state index contributed by atoms with van der Waals surface area (Å²) in [6, 6.07) is 14.3. The minimum Gasteiger partial charge on any atom is -0.341 e. The summed E-state index contributed by atoms with van der Waals surface area (Å²) in [5, 5.41) is 5.19. The summed E-state index contributed by atoms with van der Waals surface area (Å²) in [5.74, 6) is -0.244. The summed E-state index contributed by atoms with van der Waals surface area (Å²) in [6.07, 6.45) is 3.11. The van der Waals surface area contributed by atoms with E-state index in [9.17, 15) is 4.79 Å². The van der Waals surface area contributed by atoms with Crippen LogP contribution in [0.3, 0.4) is 0 Å². The lowest BCUT2D eigenvalue weighted by molar-refractivity contribution is -0.112. The van der Waals surface area contributed by atoms with Crippen molar-refractivity contribution in [1.82, 2.24) is 4.57 Å². The molecular formula is C19H18N2OS. The molecule has 0 aliphatic carbocycles. The fourth-order valence-corrected chi connectivity index (χ4v) is 3.02. The van der Waals surface area contributed by atoms with Gasteiger partial charge in [-0.25, -0.2) is 0 Å². The Morgan fingerprint density at radius 3 is 2.70 bits per heavy atom. The minimum absolute atomic E-state index is 0.244. The van der Waals surface area contributed by atoms with Gasteiger partial charge in [0.1, 0.15) is 0 Å². The SMILES string of the molecule is C=C/C=C(\S)C(=O)Nc1ccc2c(c1)c1ccccc1n2CC. The van der Waals surface area contributed by atoms with Gasteiger partial charge < -0.3 is 9.88 Å². The van der Waals surface area contributed by atoms with Crippen LogP contribution in [-0.4, -0.2) is 10.5 Å². The van der Waals surface area contributed by atoms with Gasteiger partial charge in [0.05, 0.1) is 4.91 Å². The van der Waals surface area contributed by atoms with Crippen LogP contribution in [0, 0.1) is 0 Å². The van der Waals surface area contributed by atoms with Gasteiger partial charge in [-0.3, -0.25) is 4.79 Å². The Kier molecular flexibility index (Phi) is 4.26. The molecule has 1 heterocycles. The summed E-state index contributed by atoms with van der Waals surface area (Å²) < 4.78 is 2.28. The summed E-state index contributed by atoms with van der Waals surface area (Å²) in [6.45, 7) is 6.60. The monoisotopic (exact) mass is 322 g/mol. The molecule has 3 rings (SSSR count). The van der Waals surface area contributed by atoms with Gasteiger partial charge in [-0.2, -0.15) is 0 Å². The Morgan fingerprint density at radius 1 is 1.22 bits per heavy atom. The number of carbonyl (C=O) groups is 1. The largest absolute Gasteiger partial charge is 0.341 e. The first-order valence-corrected chi connectivity index (χ1v) is 7.94. The van der Waals surface area contributed by atoms with Crippen molar-refractivity contribution in [2.75, 3.05) is 5.32 Å². The van der Waals surface area contributed by atoms with Crippen LogP contribution in [0.5, 0.6) is 0 Å². The number of para-hydroxylation sites is 1. The first-order chi connectivity index (χ1) is 11.2. The van der Waals surface area contributed by atoms with E-state index in [0.29, 0.717) is 4.91 Å². The number of fused-ring (bicyclic) bond motifs is 3. The van der Waals surface area contributed by atoms with E-state index >= 15 is 0 Å². The number of aromatic nitrogens is 1. The number of amides is 1. The third kappa shape index (κ3) is 2.78. The average Bonchev–Trinajstić information content (AvgIpc) is 2.88. The molecule has 2 aromatic carbocycles. The number of hydrogen-bond acceptors (Lipinski definition) is 2. The minimum atomic E-state index is -0.244. The molecule has 4 heteroatoms. The molecule has 3 nitrogen and oxygen atoms in total. The van der Waals surface area contributed by atoms with Crippen molar-refractivity contribution < 1.29 is 4.79 Å². The van der Waals surface area contributed by atoms with Crippen molar-refractivity contribution in [3.05, 3.63) is 66.1 Å². The number of allylic oxidation sites excluding steroid dienone is 2. The van der Waals surface area contributed by atoms with Gasteiger partial charge in [-0.05, 0) is 37.3 Å². The van der Waals surface area contributed by atoms with Crippen LogP contribution in [0.1, 0.15) is 6.92 Å². The zero-order valence-electron chi connectivity index (χ0n) is 12.9. The summed E-state index contributed by atoms with van der Waals surface area (Å²) >= 11 is 4.16. The van der Waals surface area contributed by atoms with E-state index in [4.69, 9.17) is 0 Å². The summed E-state index contributed by atoms with van der Waals surface area (Å²) in [5.41, 5.74) is 3.12. The van der Waals surface area contributed by atoms with Gasteiger partial charge in [-0.15, -0.1) is 12.6 Å². The van der Waals surface area contributed by atoms with E-state index in [1.54, 1.807) is 12.2 Å². The molecule has 0 aliphatic rings. The molecule has 0 saturated heterocycles. The predicted molar refractivity (Wildman–Crippen MR) is 101 cm³/mol. The van der Waals surface area contributed by atoms with Crippen molar-refractivity contribution in [3.63, 3.8) is 0 Å². The second kappa shape index (κ2) is 6.34. The second-order valence-electron chi connectivity index (χ2n) is 5.24. The molecule has 0 unspecified atom stereocenters. The van der Waals surface area contributed by atoms with Crippen LogP contribution in [0.2, 0.25) is 0 Å². The highest BCUT2D eigenvalue weighted by atomic mass is 32.1. The maximum Gasteiger partial charge on any atom is 0.261 e. The highest BCUT2D eigenvalue weighted by Crippen LogP contribution is 2.31. The zero-order chi connectivity index (χ0) is 16.4. The van der Waals surface area contributed by atoms with Crippen LogP contribution < -0.4 is 5.32 Å².